The van der Waals surface area contributed by atoms with Crippen LogP contribution in [0.25, 0.3) is 50.0 Å². The molecule has 0 aliphatic carbocycles. The van der Waals surface area contributed by atoms with Gasteiger partial charge >= 0.3 is 0 Å². The van der Waals surface area contributed by atoms with Gasteiger partial charge in [-0.3, -0.25) is 4.57 Å². The first-order chi connectivity index (χ1) is 22.3. The van der Waals surface area contributed by atoms with Crippen molar-refractivity contribution >= 4 is 50.6 Å². The molecule has 0 spiro atoms. The van der Waals surface area contributed by atoms with Gasteiger partial charge in [-0.25, -0.2) is 4.98 Å². The Bertz CT molecular complexity index is 2370. The van der Waals surface area contributed by atoms with Crippen LogP contribution in [0, 0.1) is 0 Å². The van der Waals surface area contributed by atoms with E-state index in [0.717, 1.165) is 33.8 Å². The summed E-state index contributed by atoms with van der Waals surface area (Å²) in [5.74, 6) is 0.931. The Hall–Kier alpha value is -5.58. The lowest BCUT2D eigenvalue weighted by Crippen LogP contribution is -2.14. The Labute approximate surface area is 266 Å². The van der Waals surface area contributed by atoms with Crippen LogP contribution >= 0.6 is 11.8 Å². The first-order valence-corrected chi connectivity index (χ1v) is 16.0. The molecule has 0 fully saturated rings. The first kappa shape index (κ1) is 25.9. The van der Waals surface area contributed by atoms with E-state index < -0.39 is 0 Å². The minimum Gasteiger partial charge on any atom is -0.308 e. The van der Waals surface area contributed by atoms with Crippen LogP contribution in [-0.2, 0) is 0 Å². The summed E-state index contributed by atoms with van der Waals surface area (Å²) < 4.78 is 2.30. The highest BCUT2D eigenvalue weighted by molar-refractivity contribution is 7.99. The van der Waals surface area contributed by atoms with Gasteiger partial charge in [-0.15, -0.1) is 0 Å². The molecule has 0 saturated heterocycles. The molecule has 8 aromatic rings. The predicted octanol–water partition coefficient (Wildman–Crippen LogP) is 11.4. The van der Waals surface area contributed by atoms with Gasteiger partial charge in [0.25, 0.3) is 0 Å². The van der Waals surface area contributed by atoms with Gasteiger partial charge in [-0.2, -0.15) is 0 Å². The minimum atomic E-state index is 0.931. The van der Waals surface area contributed by atoms with E-state index in [-0.39, 0.29) is 0 Å². The molecule has 0 saturated carbocycles. The average molecular weight is 594 g/mol. The fourth-order valence-electron chi connectivity index (χ4n) is 6.43. The summed E-state index contributed by atoms with van der Waals surface area (Å²) in [5.41, 5.74) is 10.1. The van der Waals surface area contributed by atoms with Crippen LogP contribution in [0.15, 0.2) is 174 Å². The van der Waals surface area contributed by atoms with Crippen LogP contribution in [0.1, 0.15) is 0 Å². The Kier molecular flexibility index (Phi) is 6.06. The second kappa shape index (κ2) is 10.5. The van der Waals surface area contributed by atoms with Crippen LogP contribution in [-0.4, -0.2) is 9.55 Å². The number of rotatable bonds is 4. The van der Waals surface area contributed by atoms with E-state index in [1.807, 2.05) is 11.8 Å². The van der Waals surface area contributed by atoms with Gasteiger partial charge in [0.05, 0.1) is 22.4 Å². The lowest BCUT2D eigenvalue weighted by Gasteiger charge is -2.33. The zero-order valence-corrected chi connectivity index (χ0v) is 25.2. The molecular weight excluding hydrogens is 567 g/mol. The zero-order valence-electron chi connectivity index (χ0n) is 24.3. The third-order valence-corrected chi connectivity index (χ3v) is 9.66. The third-order valence-electron chi connectivity index (χ3n) is 8.55. The SMILES string of the molecule is c1ccc(-c2cccc(-n3c(-c4ccc5c(c4)Sc4ccccc4N5c4ccc5ccccc5c4)nc4ccccc43)c2)cc1. The second-order valence-electron chi connectivity index (χ2n) is 11.3. The number of benzene rings is 7. The topological polar surface area (TPSA) is 21.1 Å². The van der Waals surface area contributed by atoms with Gasteiger partial charge in [0.15, 0.2) is 0 Å². The van der Waals surface area contributed by atoms with E-state index in [4.69, 9.17) is 4.98 Å². The molecule has 1 aliphatic rings. The van der Waals surface area contributed by atoms with Crippen LogP contribution < -0.4 is 4.90 Å². The highest BCUT2D eigenvalue weighted by Gasteiger charge is 2.26. The maximum Gasteiger partial charge on any atom is 0.145 e. The summed E-state index contributed by atoms with van der Waals surface area (Å²) in [4.78, 5) is 10.0. The van der Waals surface area contributed by atoms with Crippen molar-refractivity contribution in [3.63, 3.8) is 0 Å². The smallest absolute Gasteiger partial charge is 0.145 e. The molecule has 4 heteroatoms. The molecule has 0 radical (unpaired) electrons. The molecule has 0 unspecified atom stereocenters. The highest BCUT2D eigenvalue weighted by Crippen LogP contribution is 2.52. The van der Waals surface area contributed by atoms with Crippen molar-refractivity contribution in [1.29, 1.82) is 0 Å². The molecule has 0 amide bonds. The normalized spacial score (nSPS) is 12.3. The van der Waals surface area contributed by atoms with Crippen molar-refractivity contribution < 1.29 is 0 Å². The number of fused-ring (bicyclic) bond motifs is 4. The quantitative estimate of drug-likeness (QED) is 0.203. The summed E-state index contributed by atoms with van der Waals surface area (Å²) in [7, 11) is 0. The van der Waals surface area contributed by atoms with E-state index in [9.17, 15) is 0 Å². The summed E-state index contributed by atoms with van der Waals surface area (Å²) in [6.07, 6.45) is 0. The molecule has 3 nitrogen and oxygen atoms in total. The standard InChI is InChI=1S/C41H27N3S/c1-2-11-28(12-3-1)31-15-10-16-33(25-31)44-36-18-7-6-17-35(36)42-41(44)32-22-24-38-40(27-32)45-39-20-9-8-19-37(39)43(38)34-23-21-29-13-4-5-14-30(29)26-34/h1-27H. The molecule has 45 heavy (non-hydrogen) atoms. The van der Waals surface area contributed by atoms with Gasteiger partial charge < -0.3 is 4.90 Å². The van der Waals surface area contributed by atoms with Crippen molar-refractivity contribution in [2.24, 2.45) is 0 Å². The lowest BCUT2D eigenvalue weighted by atomic mass is 10.0. The van der Waals surface area contributed by atoms with Crippen LogP contribution in [0.4, 0.5) is 17.1 Å². The molecule has 7 aromatic carbocycles. The number of para-hydroxylation sites is 3. The van der Waals surface area contributed by atoms with Gasteiger partial charge in [0, 0.05) is 26.7 Å². The highest BCUT2D eigenvalue weighted by atomic mass is 32.2. The van der Waals surface area contributed by atoms with Crippen molar-refractivity contribution in [3.8, 4) is 28.2 Å². The number of aromatic nitrogens is 2. The Morgan fingerprint density at radius 1 is 0.444 bits per heavy atom. The van der Waals surface area contributed by atoms with Crippen LogP contribution in [0.3, 0.4) is 0 Å². The zero-order chi connectivity index (χ0) is 29.7. The Balaban J connectivity index is 1.21. The number of hydrogen-bond acceptors (Lipinski definition) is 3. The third kappa shape index (κ3) is 4.42. The van der Waals surface area contributed by atoms with Crippen LogP contribution in [0.2, 0.25) is 0 Å². The number of anilines is 3. The lowest BCUT2D eigenvalue weighted by molar-refractivity contribution is 1.10. The molecule has 0 atom stereocenters. The number of hydrogen-bond donors (Lipinski definition) is 0. The fraction of sp³-hybridized carbons (Fsp3) is 0. The van der Waals surface area contributed by atoms with Crippen molar-refractivity contribution in [2.75, 3.05) is 4.90 Å². The molecule has 0 bridgehead atoms. The van der Waals surface area contributed by atoms with Crippen molar-refractivity contribution in [2.45, 2.75) is 9.79 Å². The van der Waals surface area contributed by atoms with Gasteiger partial charge in [-0.1, -0.05) is 109 Å². The largest absolute Gasteiger partial charge is 0.308 e. The molecular formula is C41H27N3S. The van der Waals surface area contributed by atoms with Gasteiger partial charge in [-0.05, 0) is 88.6 Å². The molecule has 1 aliphatic heterocycles. The van der Waals surface area contributed by atoms with E-state index in [0.29, 0.717) is 0 Å². The monoisotopic (exact) mass is 593 g/mol. The fourth-order valence-corrected chi connectivity index (χ4v) is 7.52. The van der Waals surface area contributed by atoms with Crippen LogP contribution in [0.5, 0.6) is 0 Å². The Morgan fingerprint density at radius 3 is 2.13 bits per heavy atom. The van der Waals surface area contributed by atoms with E-state index in [2.05, 4.69) is 173 Å². The second-order valence-corrected chi connectivity index (χ2v) is 12.4. The maximum absolute atomic E-state index is 5.21. The van der Waals surface area contributed by atoms with Gasteiger partial charge in [0.1, 0.15) is 5.82 Å². The molecule has 0 N–H and O–H groups in total. The number of nitrogens with zero attached hydrogens (tertiary/aromatic N) is 3. The predicted molar refractivity (Wildman–Crippen MR) is 188 cm³/mol. The Morgan fingerprint density at radius 2 is 1.20 bits per heavy atom. The van der Waals surface area contributed by atoms with Gasteiger partial charge in [0.2, 0.25) is 0 Å². The summed E-state index contributed by atoms with van der Waals surface area (Å²) in [6.45, 7) is 0. The van der Waals surface area contributed by atoms with E-state index in [1.54, 1.807) is 0 Å². The summed E-state index contributed by atoms with van der Waals surface area (Å²) in [5, 5.41) is 2.47. The molecule has 2 heterocycles. The van der Waals surface area contributed by atoms with Crippen molar-refractivity contribution in [1.82, 2.24) is 9.55 Å². The van der Waals surface area contributed by atoms with E-state index >= 15 is 0 Å². The molecule has 212 valence electrons. The molecule has 9 rings (SSSR count). The summed E-state index contributed by atoms with van der Waals surface area (Å²) in [6, 6.07) is 58.5. The summed E-state index contributed by atoms with van der Waals surface area (Å²) >= 11 is 1.82. The maximum atomic E-state index is 5.21. The minimum absolute atomic E-state index is 0.931. The first-order valence-electron chi connectivity index (χ1n) is 15.1. The number of imidazole rings is 1. The van der Waals surface area contributed by atoms with E-state index in [1.165, 1.54) is 43.1 Å². The molecule has 1 aromatic heterocycles. The average Bonchev–Trinajstić information content (AvgIpc) is 3.50. The van der Waals surface area contributed by atoms with Crippen molar-refractivity contribution in [3.05, 3.63) is 164 Å².